The van der Waals surface area contributed by atoms with Gasteiger partial charge in [0.05, 0.1) is 0 Å². The number of carbonyl (C=O) groups excluding carboxylic acids is 3. The third-order valence-electron chi connectivity index (χ3n) is 3.54. The Bertz CT molecular complexity index is 602. The fourth-order valence-corrected chi connectivity index (χ4v) is 2.20. The number of ketones is 1. The number of halogens is 1. The van der Waals surface area contributed by atoms with Gasteiger partial charge in [-0.2, -0.15) is 0 Å². The number of rotatable bonds is 3. The molecule has 22 heavy (non-hydrogen) atoms. The van der Waals surface area contributed by atoms with E-state index in [2.05, 4.69) is 0 Å². The second kappa shape index (κ2) is 6.98. The molecule has 2 rings (SSSR count). The maximum atomic E-state index is 12.8. The molecule has 1 heterocycles. The molecular weight excluding hydrogens is 287 g/mol. The second-order valence-electron chi connectivity index (χ2n) is 5.04. The highest BCUT2D eigenvalue weighted by Crippen LogP contribution is 2.06. The van der Waals surface area contributed by atoms with Gasteiger partial charge in [0.1, 0.15) is 5.82 Å². The first kappa shape index (κ1) is 15.9. The predicted octanol–water partition coefficient (Wildman–Crippen LogP) is 1.26. The van der Waals surface area contributed by atoms with Crippen LogP contribution in [0.25, 0.3) is 0 Å². The van der Waals surface area contributed by atoms with Crippen molar-refractivity contribution in [2.45, 2.75) is 6.92 Å². The number of allylic oxidation sites excluding steroid dienone is 1. The lowest BCUT2D eigenvalue weighted by Crippen LogP contribution is -2.49. The molecule has 0 aromatic heterocycles. The first-order chi connectivity index (χ1) is 10.5. The standard InChI is InChI=1S/C16H17FN2O3/c1-12(20)18-8-10-19(11-9-18)16(22)7-6-15(21)13-2-4-14(17)5-3-13/h2-7H,8-11H2,1H3/b7-6+. The topological polar surface area (TPSA) is 57.7 Å². The molecule has 116 valence electrons. The van der Waals surface area contributed by atoms with Gasteiger partial charge >= 0.3 is 0 Å². The fraction of sp³-hybridized carbons (Fsp3) is 0.312. The van der Waals surface area contributed by atoms with Gasteiger partial charge in [0, 0.05) is 44.7 Å². The molecule has 0 saturated carbocycles. The minimum absolute atomic E-state index is 0.00544. The molecular formula is C16H17FN2O3. The third-order valence-corrected chi connectivity index (χ3v) is 3.54. The number of hydrogen-bond acceptors (Lipinski definition) is 3. The largest absolute Gasteiger partial charge is 0.339 e. The molecule has 1 saturated heterocycles. The van der Waals surface area contributed by atoms with Crippen molar-refractivity contribution in [3.63, 3.8) is 0 Å². The first-order valence-corrected chi connectivity index (χ1v) is 7.00. The van der Waals surface area contributed by atoms with Gasteiger partial charge in [0.25, 0.3) is 0 Å². The minimum atomic E-state index is -0.417. The SMILES string of the molecule is CC(=O)N1CCN(C(=O)/C=C/C(=O)c2ccc(F)cc2)CC1. The van der Waals surface area contributed by atoms with E-state index >= 15 is 0 Å². The van der Waals surface area contributed by atoms with E-state index in [1.54, 1.807) is 9.80 Å². The maximum Gasteiger partial charge on any atom is 0.246 e. The summed E-state index contributed by atoms with van der Waals surface area (Å²) < 4.78 is 12.8. The Morgan fingerprint density at radius 3 is 2.05 bits per heavy atom. The van der Waals surface area contributed by atoms with E-state index in [1.165, 1.54) is 43.3 Å². The van der Waals surface area contributed by atoms with Crippen LogP contribution < -0.4 is 0 Å². The molecule has 0 bridgehead atoms. The van der Waals surface area contributed by atoms with Gasteiger partial charge < -0.3 is 9.80 Å². The molecule has 6 heteroatoms. The zero-order valence-corrected chi connectivity index (χ0v) is 12.3. The van der Waals surface area contributed by atoms with E-state index in [-0.39, 0.29) is 17.6 Å². The van der Waals surface area contributed by atoms with E-state index in [0.29, 0.717) is 31.7 Å². The summed E-state index contributed by atoms with van der Waals surface area (Å²) in [4.78, 5) is 38.3. The molecule has 1 aromatic rings. The second-order valence-corrected chi connectivity index (χ2v) is 5.04. The molecule has 0 radical (unpaired) electrons. The zero-order chi connectivity index (χ0) is 16.1. The molecule has 2 amide bonds. The van der Waals surface area contributed by atoms with Crippen molar-refractivity contribution in [1.29, 1.82) is 0 Å². The fourth-order valence-electron chi connectivity index (χ4n) is 2.20. The van der Waals surface area contributed by atoms with Crippen LogP contribution in [0.15, 0.2) is 36.4 Å². The monoisotopic (exact) mass is 304 g/mol. The zero-order valence-electron chi connectivity index (χ0n) is 12.3. The smallest absolute Gasteiger partial charge is 0.246 e. The van der Waals surface area contributed by atoms with Gasteiger partial charge in [-0.25, -0.2) is 4.39 Å². The molecule has 0 unspecified atom stereocenters. The lowest BCUT2D eigenvalue weighted by Gasteiger charge is -2.33. The predicted molar refractivity (Wildman–Crippen MR) is 78.7 cm³/mol. The molecule has 0 aliphatic carbocycles. The molecule has 5 nitrogen and oxygen atoms in total. The third kappa shape index (κ3) is 4.00. The minimum Gasteiger partial charge on any atom is -0.339 e. The highest BCUT2D eigenvalue weighted by molar-refractivity contribution is 6.07. The van der Waals surface area contributed by atoms with Crippen LogP contribution in [0.3, 0.4) is 0 Å². The van der Waals surface area contributed by atoms with E-state index in [1.807, 2.05) is 0 Å². The van der Waals surface area contributed by atoms with Crippen LogP contribution >= 0.6 is 0 Å². The van der Waals surface area contributed by atoms with Crippen molar-refractivity contribution in [3.8, 4) is 0 Å². The van der Waals surface area contributed by atoms with E-state index < -0.39 is 5.82 Å². The highest BCUT2D eigenvalue weighted by atomic mass is 19.1. The Balaban J connectivity index is 1.90. The van der Waals surface area contributed by atoms with Crippen molar-refractivity contribution in [3.05, 3.63) is 47.8 Å². The molecule has 1 aromatic carbocycles. The number of nitrogens with zero attached hydrogens (tertiary/aromatic N) is 2. The molecule has 0 atom stereocenters. The van der Waals surface area contributed by atoms with Crippen molar-refractivity contribution < 1.29 is 18.8 Å². The molecule has 1 aliphatic heterocycles. The van der Waals surface area contributed by atoms with Crippen LogP contribution in [-0.4, -0.2) is 53.6 Å². The highest BCUT2D eigenvalue weighted by Gasteiger charge is 2.20. The average Bonchev–Trinajstić information content (AvgIpc) is 2.53. The Kier molecular flexibility index (Phi) is 5.04. The lowest BCUT2D eigenvalue weighted by molar-refractivity contribution is -0.135. The molecule has 0 N–H and O–H groups in total. The van der Waals surface area contributed by atoms with Gasteiger partial charge in [-0.15, -0.1) is 0 Å². The van der Waals surface area contributed by atoms with E-state index in [9.17, 15) is 18.8 Å². The van der Waals surface area contributed by atoms with Gasteiger partial charge in [-0.05, 0) is 30.3 Å². The van der Waals surface area contributed by atoms with Gasteiger partial charge in [-0.1, -0.05) is 0 Å². The summed E-state index contributed by atoms with van der Waals surface area (Å²) in [6.45, 7) is 3.40. The van der Waals surface area contributed by atoms with Crippen molar-refractivity contribution in [2.75, 3.05) is 26.2 Å². The summed E-state index contributed by atoms with van der Waals surface area (Å²) in [5, 5.41) is 0. The van der Waals surface area contributed by atoms with Crippen LogP contribution in [0.2, 0.25) is 0 Å². The Hall–Kier alpha value is -2.50. The van der Waals surface area contributed by atoms with Crippen molar-refractivity contribution in [1.82, 2.24) is 9.80 Å². The Morgan fingerprint density at radius 2 is 1.50 bits per heavy atom. The Morgan fingerprint density at radius 1 is 0.955 bits per heavy atom. The summed E-state index contributed by atoms with van der Waals surface area (Å²) in [6, 6.07) is 5.14. The van der Waals surface area contributed by atoms with Crippen molar-refractivity contribution in [2.24, 2.45) is 0 Å². The number of piperazine rings is 1. The quantitative estimate of drug-likeness (QED) is 0.624. The van der Waals surface area contributed by atoms with Gasteiger partial charge in [0.2, 0.25) is 11.8 Å². The summed E-state index contributed by atoms with van der Waals surface area (Å²) >= 11 is 0. The normalized spacial score (nSPS) is 15.2. The number of hydrogen-bond donors (Lipinski definition) is 0. The van der Waals surface area contributed by atoms with Gasteiger partial charge in [0.15, 0.2) is 5.78 Å². The molecule has 1 fully saturated rings. The van der Waals surface area contributed by atoms with Crippen LogP contribution in [0.1, 0.15) is 17.3 Å². The summed E-state index contributed by atoms with van der Waals surface area (Å²) in [5.41, 5.74) is 0.326. The van der Waals surface area contributed by atoms with Crippen LogP contribution in [-0.2, 0) is 9.59 Å². The first-order valence-electron chi connectivity index (χ1n) is 7.00. The molecule has 1 aliphatic rings. The number of carbonyl (C=O) groups is 3. The van der Waals surface area contributed by atoms with Gasteiger partial charge in [-0.3, -0.25) is 14.4 Å². The number of amides is 2. The maximum absolute atomic E-state index is 12.8. The van der Waals surface area contributed by atoms with Crippen LogP contribution in [0, 0.1) is 5.82 Å². The summed E-state index contributed by atoms with van der Waals surface area (Å²) in [7, 11) is 0. The van der Waals surface area contributed by atoms with Crippen molar-refractivity contribution >= 4 is 17.6 Å². The van der Waals surface area contributed by atoms with E-state index in [0.717, 1.165) is 0 Å². The summed E-state index contributed by atoms with van der Waals surface area (Å²) in [5.74, 6) is -1.04. The lowest BCUT2D eigenvalue weighted by atomic mass is 10.1. The average molecular weight is 304 g/mol. The molecule has 0 spiro atoms. The van der Waals surface area contributed by atoms with Crippen LogP contribution in [0.4, 0.5) is 4.39 Å². The van der Waals surface area contributed by atoms with Crippen LogP contribution in [0.5, 0.6) is 0 Å². The Labute approximate surface area is 128 Å². The van der Waals surface area contributed by atoms with E-state index in [4.69, 9.17) is 0 Å². The number of benzene rings is 1. The summed E-state index contributed by atoms with van der Waals surface area (Å²) in [6.07, 6.45) is 2.40.